The molecule has 0 aliphatic heterocycles. The minimum Gasteiger partial charge on any atom is -0.480 e. The second kappa shape index (κ2) is 5.54. The van der Waals surface area contributed by atoms with Crippen LogP contribution in [-0.2, 0) is 9.59 Å². The fourth-order valence-electron chi connectivity index (χ4n) is 1.43. The van der Waals surface area contributed by atoms with Crippen molar-refractivity contribution in [3.8, 4) is 0 Å². The Morgan fingerprint density at radius 2 is 2.26 bits per heavy atom. The average molecular weight is 284 g/mol. The molecule has 1 aromatic rings. The summed E-state index contributed by atoms with van der Waals surface area (Å²) in [5.74, 6) is -1.21. The van der Waals surface area contributed by atoms with E-state index in [9.17, 15) is 9.59 Å². The van der Waals surface area contributed by atoms with Crippen LogP contribution >= 0.6 is 11.3 Å². The molecule has 0 aromatic carbocycles. The standard InChI is InChI=1S/C11H16N4O3S/c1-5(9(16)14-6-2-3-6)13-11-15-7(4-19-11)8(12)10(17)18/h4-6,8H,2-3,12H2,1H3,(H,13,15)(H,14,16)(H,17,18). The number of carboxylic acids is 1. The molecule has 0 saturated heterocycles. The molecule has 1 saturated carbocycles. The molecule has 19 heavy (non-hydrogen) atoms. The van der Waals surface area contributed by atoms with Gasteiger partial charge >= 0.3 is 5.97 Å². The highest BCUT2D eigenvalue weighted by molar-refractivity contribution is 7.13. The van der Waals surface area contributed by atoms with Crippen LogP contribution in [0.5, 0.6) is 0 Å². The lowest BCUT2D eigenvalue weighted by Gasteiger charge is -2.12. The van der Waals surface area contributed by atoms with Crippen molar-refractivity contribution in [2.45, 2.75) is 37.9 Å². The summed E-state index contributed by atoms with van der Waals surface area (Å²) in [5, 5.41) is 16.7. The monoisotopic (exact) mass is 284 g/mol. The molecule has 1 aromatic heterocycles. The highest BCUT2D eigenvalue weighted by atomic mass is 32.1. The molecule has 7 nitrogen and oxygen atoms in total. The molecule has 1 heterocycles. The van der Waals surface area contributed by atoms with Gasteiger partial charge in [-0.25, -0.2) is 4.98 Å². The van der Waals surface area contributed by atoms with Crippen molar-refractivity contribution in [2.75, 3.05) is 5.32 Å². The molecule has 1 aliphatic rings. The van der Waals surface area contributed by atoms with Gasteiger partial charge in [0.1, 0.15) is 12.1 Å². The number of rotatable bonds is 6. The lowest BCUT2D eigenvalue weighted by molar-refractivity contribution is -0.138. The molecule has 1 aliphatic carbocycles. The quantitative estimate of drug-likeness (QED) is 0.597. The van der Waals surface area contributed by atoms with E-state index in [1.54, 1.807) is 12.3 Å². The van der Waals surface area contributed by atoms with E-state index in [2.05, 4.69) is 15.6 Å². The van der Waals surface area contributed by atoms with Crippen molar-refractivity contribution in [3.63, 3.8) is 0 Å². The molecule has 1 fully saturated rings. The summed E-state index contributed by atoms with van der Waals surface area (Å²) in [6.45, 7) is 1.73. The zero-order chi connectivity index (χ0) is 14.0. The number of hydrogen-bond donors (Lipinski definition) is 4. The zero-order valence-electron chi connectivity index (χ0n) is 10.4. The van der Waals surface area contributed by atoms with E-state index in [-0.39, 0.29) is 11.6 Å². The summed E-state index contributed by atoms with van der Waals surface area (Å²) in [7, 11) is 0. The Kier molecular flexibility index (Phi) is 4.01. The first-order chi connectivity index (χ1) is 8.97. The number of aliphatic carboxylic acids is 1. The number of nitrogens with one attached hydrogen (secondary N) is 2. The summed E-state index contributed by atoms with van der Waals surface area (Å²) in [5.41, 5.74) is 5.74. The topological polar surface area (TPSA) is 117 Å². The normalized spacial score (nSPS) is 17.6. The highest BCUT2D eigenvalue weighted by Gasteiger charge is 2.26. The molecule has 5 N–H and O–H groups in total. The van der Waals surface area contributed by atoms with E-state index in [4.69, 9.17) is 10.8 Å². The van der Waals surface area contributed by atoms with Crippen LogP contribution in [0.1, 0.15) is 31.5 Å². The number of nitrogens with two attached hydrogens (primary N) is 1. The molecule has 0 spiro atoms. The van der Waals surface area contributed by atoms with Gasteiger partial charge in [0.2, 0.25) is 5.91 Å². The van der Waals surface area contributed by atoms with Crippen molar-refractivity contribution in [3.05, 3.63) is 11.1 Å². The molecular formula is C11H16N4O3S. The van der Waals surface area contributed by atoms with E-state index in [1.807, 2.05) is 0 Å². The molecule has 0 bridgehead atoms. The van der Waals surface area contributed by atoms with Crippen LogP contribution in [0.3, 0.4) is 0 Å². The van der Waals surface area contributed by atoms with Gasteiger partial charge in [-0.05, 0) is 19.8 Å². The van der Waals surface area contributed by atoms with Gasteiger partial charge < -0.3 is 21.5 Å². The summed E-state index contributed by atoms with van der Waals surface area (Å²) in [4.78, 5) is 26.5. The van der Waals surface area contributed by atoms with Crippen LogP contribution in [-0.4, -0.2) is 34.1 Å². The van der Waals surface area contributed by atoms with Gasteiger partial charge in [0.05, 0.1) is 5.69 Å². The van der Waals surface area contributed by atoms with Crippen LogP contribution < -0.4 is 16.4 Å². The van der Waals surface area contributed by atoms with Crippen LogP contribution in [0.2, 0.25) is 0 Å². The maximum atomic E-state index is 11.7. The number of thiazole rings is 1. The van der Waals surface area contributed by atoms with E-state index < -0.39 is 18.1 Å². The van der Waals surface area contributed by atoms with Gasteiger partial charge in [-0.3, -0.25) is 9.59 Å². The van der Waals surface area contributed by atoms with Gasteiger partial charge in [0.25, 0.3) is 0 Å². The Morgan fingerprint density at radius 3 is 2.84 bits per heavy atom. The minimum absolute atomic E-state index is 0.0817. The van der Waals surface area contributed by atoms with Crippen LogP contribution in [0, 0.1) is 0 Å². The van der Waals surface area contributed by atoms with Crippen LogP contribution in [0.4, 0.5) is 5.13 Å². The van der Waals surface area contributed by atoms with E-state index in [0.29, 0.717) is 11.2 Å². The van der Waals surface area contributed by atoms with Crippen molar-refractivity contribution < 1.29 is 14.7 Å². The Hall–Kier alpha value is -1.67. The summed E-state index contributed by atoms with van der Waals surface area (Å²) < 4.78 is 0. The van der Waals surface area contributed by atoms with Crippen molar-refractivity contribution in [1.29, 1.82) is 0 Å². The predicted molar refractivity (Wildman–Crippen MR) is 70.9 cm³/mol. The maximum Gasteiger partial charge on any atom is 0.326 e. The molecule has 104 valence electrons. The second-order valence-corrected chi connectivity index (χ2v) is 5.40. The van der Waals surface area contributed by atoms with Crippen molar-refractivity contribution in [1.82, 2.24) is 10.3 Å². The van der Waals surface area contributed by atoms with Gasteiger partial charge in [-0.2, -0.15) is 0 Å². The van der Waals surface area contributed by atoms with Gasteiger partial charge in [-0.1, -0.05) is 0 Å². The first-order valence-electron chi connectivity index (χ1n) is 5.98. The van der Waals surface area contributed by atoms with Gasteiger partial charge in [-0.15, -0.1) is 11.3 Å². The SMILES string of the molecule is CC(Nc1nc(C(N)C(=O)O)cs1)C(=O)NC1CC1. The third-order valence-corrected chi connectivity index (χ3v) is 3.56. The molecule has 0 radical (unpaired) electrons. The lowest BCUT2D eigenvalue weighted by Crippen LogP contribution is -2.38. The Balaban J connectivity index is 1.91. The molecule has 1 amide bonds. The van der Waals surface area contributed by atoms with Gasteiger partial charge in [0, 0.05) is 11.4 Å². The number of amides is 1. The Bertz CT molecular complexity index is 486. The Morgan fingerprint density at radius 1 is 1.58 bits per heavy atom. The number of carbonyl (C=O) groups is 2. The molecule has 8 heteroatoms. The van der Waals surface area contributed by atoms with Gasteiger partial charge in [0.15, 0.2) is 5.13 Å². The maximum absolute atomic E-state index is 11.7. The highest BCUT2D eigenvalue weighted by Crippen LogP contribution is 2.21. The first-order valence-corrected chi connectivity index (χ1v) is 6.86. The average Bonchev–Trinajstić information content (AvgIpc) is 3.05. The third-order valence-electron chi connectivity index (χ3n) is 2.76. The summed E-state index contributed by atoms with van der Waals surface area (Å²) in [6.07, 6.45) is 2.07. The van der Waals surface area contributed by atoms with E-state index in [1.165, 1.54) is 11.3 Å². The number of carboxylic acid groups (broad SMARTS) is 1. The molecule has 2 rings (SSSR count). The largest absolute Gasteiger partial charge is 0.480 e. The van der Waals surface area contributed by atoms with Crippen molar-refractivity contribution >= 4 is 28.3 Å². The van der Waals surface area contributed by atoms with Crippen LogP contribution in [0.15, 0.2) is 5.38 Å². The molecule has 2 atom stereocenters. The Labute approximate surface area is 114 Å². The first kappa shape index (κ1) is 13.8. The number of nitrogens with zero attached hydrogens (tertiary/aromatic N) is 1. The van der Waals surface area contributed by atoms with Crippen molar-refractivity contribution in [2.24, 2.45) is 5.73 Å². The lowest BCUT2D eigenvalue weighted by atomic mass is 10.2. The number of aromatic nitrogens is 1. The molecular weight excluding hydrogens is 268 g/mol. The predicted octanol–water partition coefficient (Wildman–Crippen LogP) is 0.307. The smallest absolute Gasteiger partial charge is 0.326 e. The van der Waals surface area contributed by atoms with E-state index >= 15 is 0 Å². The fourth-order valence-corrected chi connectivity index (χ4v) is 2.26. The summed E-state index contributed by atoms with van der Waals surface area (Å²) in [6, 6.07) is -1.24. The van der Waals surface area contributed by atoms with Crippen LogP contribution in [0.25, 0.3) is 0 Å². The minimum atomic E-state index is -1.14. The number of carbonyl (C=O) groups excluding carboxylic acids is 1. The number of anilines is 1. The fraction of sp³-hybridized carbons (Fsp3) is 0.545. The summed E-state index contributed by atoms with van der Waals surface area (Å²) >= 11 is 1.23. The van der Waals surface area contributed by atoms with E-state index in [0.717, 1.165) is 12.8 Å². The third kappa shape index (κ3) is 3.65. The second-order valence-electron chi connectivity index (χ2n) is 4.54. The molecule has 2 unspecified atom stereocenters. The zero-order valence-corrected chi connectivity index (χ0v) is 11.2. The number of hydrogen-bond acceptors (Lipinski definition) is 6.